The van der Waals surface area contributed by atoms with E-state index in [1.807, 2.05) is 30.8 Å². The molecule has 0 atom stereocenters. The lowest BCUT2D eigenvalue weighted by atomic mass is 10.1. The average molecular weight is 252 g/mol. The number of oxime groups is 1. The van der Waals surface area contributed by atoms with Crippen LogP contribution in [0.15, 0.2) is 28.3 Å². The monoisotopic (exact) mass is 252 g/mol. The van der Waals surface area contributed by atoms with Crippen LogP contribution in [-0.4, -0.2) is 16.8 Å². The summed E-state index contributed by atoms with van der Waals surface area (Å²) >= 11 is 1.86. The molecule has 1 rings (SSSR count). The van der Waals surface area contributed by atoms with E-state index in [0.717, 1.165) is 16.9 Å². The fourth-order valence-electron chi connectivity index (χ4n) is 1.61. The molecule has 3 nitrogen and oxygen atoms in total. The Labute approximate surface area is 107 Å². The van der Waals surface area contributed by atoms with E-state index in [0.29, 0.717) is 0 Å². The number of amidine groups is 1. The third-order valence-corrected chi connectivity index (χ3v) is 3.68. The van der Waals surface area contributed by atoms with Crippen molar-refractivity contribution in [3.63, 3.8) is 0 Å². The third kappa shape index (κ3) is 4.30. The molecule has 0 unspecified atom stereocenters. The molecule has 0 radical (unpaired) electrons. The van der Waals surface area contributed by atoms with E-state index in [9.17, 15) is 0 Å². The van der Waals surface area contributed by atoms with Gasteiger partial charge in [-0.1, -0.05) is 24.9 Å². The van der Waals surface area contributed by atoms with Crippen molar-refractivity contribution in [2.45, 2.75) is 38.0 Å². The molecule has 0 amide bonds. The minimum absolute atomic E-state index is 0.171. The van der Waals surface area contributed by atoms with Crippen LogP contribution in [0.2, 0.25) is 0 Å². The Morgan fingerprint density at radius 2 is 2.18 bits per heavy atom. The van der Waals surface area contributed by atoms with Crippen LogP contribution >= 0.6 is 11.8 Å². The molecule has 1 aromatic carbocycles. The molecule has 1 aromatic rings. The number of nitrogens with zero attached hydrogens (tertiary/aromatic N) is 1. The molecule has 0 heterocycles. The summed E-state index contributed by atoms with van der Waals surface area (Å²) in [4.78, 5) is 1.24. The van der Waals surface area contributed by atoms with Crippen molar-refractivity contribution >= 4 is 17.6 Å². The van der Waals surface area contributed by atoms with Crippen molar-refractivity contribution in [1.29, 1.82) is 0 Å². The second-order valence-electron chi connectivity index (χ2n) is 4.02. The molecule has 17 heavy (non-hydrogen) atoms. The van der Waals surface area contributed by atoms with Crippen LogP contribution in [0.5, 0.6) is 0 Å². The molecule has 0 aliphatic heterocycles. The van der Waals surface area contributed by atoms with E-state index in [4.69, 9.17) is 10.9 Å². The second kappa shape index (κ2) is 7.22. The maximum absolute atomic E-state index is 8.64. The number of hydrogen-bond acceptors (Lipinski definition) is 3. The quantitative estimate of drug-likeness (QED) is 0.204. The van der Waals surface area contributed by atoms with Crippen molar-refractivity contribution < 1.29 is 5.21 Å². The molecule has 0 aliphatic carbocycles. The standard InChI is InChI=1S/C13H20N2OS/c1-3-4-5-8-17-11-6-7-12(10(2)9-11)13(14)15-16/h6-7,9,16H,3-5,8H2,1-2H3,(H2,14,15). The summed E-state index contributed by atoms with van der Waals surface area (Å²) in [6.45, 7) is 4.18. The highest BCUT2D eigenvalue weighted by Crippen LogP contribution is 2.22. The molecule has 0 saturated heterocycles. The summed E-state index contributed by atoms with van der Waals surface area (Å²) in [6.07, 6.45) is 3.79. The van der Waals surface area contributed by atoms with Gasteiger partial charge in [-0.3, -0.25) is 0 Å². The summed E-state index contributed by atoms with van der Waals surface area (Å²) < 4.78 is 0. The summed E-state index contributed by atoms with van der Waals surface area (Å²) in [6, 6.07) is 6.02. The van der Waals surface area contributed by atoms with E-state index in [2.05, 4.69) is 18.1 Å². The Kier molecular flexibility index (Phi) is 5.91. The normalized spacial score (nSPS) is 11.8. The molecular formula is C13H20N2OS. The van der Waals surface area contributed by atoms with E-state index in [1.54, 1.807) is 0 Å². The van der Waals surface area contributed by atoms with Crippen LogP contribution in [0, 0.1) is 6.92 Å². The van der Waals surface area contributed by atoms with Gasteiger partial charge in [-0.25, -0.2) is 0 Å². The number of hydrogen-bond donors (Lipinski definition) is 2. The predicted octanol–water partition coefficient (Wildman–Crippen LogP) is 3.37. The molecule has 3 N–H and O–H groups in total. The van der Waals surface area contributed by atoms with Gasteiger partial charge in [0.25, 0.3) is 0 Å². The van der Waals surface area contributed by atoms with Gasteiger partial charge in [0.2, 0.25) is 0 Å². The van der Waals surface area contributed by atoms with Crippen molar-refractivity contribution in [3.8, 4) is 0 Å². The first kappa shape index (κ1) is 13.9. The van der Waals surface area contributed by atoms with E-state index >= 15 is 0 Å². The highest BCUT2D eigenvalue weighted by Gasteiger charge is 2.04. The molecular weight excluding hydrogens is 232 g/mol. The van der Waals surface area contributed by atoms with Crippen molar-refractivity contribution in [3.05, 3.63) is 29.3 Å². The van der Waals surface area contributed by atoms with Gasteiger partial charge in [0.05, 0.1) is 0 Å². The van der Waals surface area contributed by atoms with Gasteiger partial charge in [-0.05, 0) is 42.9 Å². The summed E-state index contributed by atoms with van der Waals surface area (Å²) in [7, 11) is 0. The van der Waals surface area contributed by atoms with Crippen LogP contribution in [-0.2, 0) is 0 Å². The van der Waals surface area contributed by atoms with Crippen molar-refractivity contribution in [2.24, 2.45) is 10.9 Å². The topological polar surface area (TPSA) is 58.6 Å². The molecule has 0 fully saturated rings. The first-order chi connectivity index (χ1) is 8.19. The van der Waals surface area contributed by atoms with Crippen LogP contribution in [0.4, 0.5) is 0 Å². The Morgan fingerprint density at radius 1 is 1.41 bits per heavy atom. The number of nitrogens with two attached hydrogens (primary N) is 1. The molecule has 0 aliphatic rings. The smallest absolute Gasteiger partial charge is 0.170 e. The van der Waals surface area contributed by atoms with Crippen molar-refractivity contribution in [1.82, 2.24) is 0 Å². The predicted molar refractivity (Wildman–Crippen MR) is 73.9 cm³/mol. The Balaban J connectivity index is 2.63. The fourth-order valence-corrected chi connectivity index (χ4v) is 2.62. The van der Waals surface area contributed by atoms with E-state index in [1.165, 1.54) is 24.2 Å². The minimum atomic E-state index is 0.171. The SMILES string of the molecule is CCCCCSc1ccc(/C(N)=N/O)c(C)c1. The largest absolute Gasteiger partial charge is 0.409 e. The summed E-state index contributed by atoms with van der Waals surface area (Å²) in [5, 5.41) is 11.7. The van der Waals surface area contributed by atoms with Crippen LogP contribution in [0.1, 0.15) is 37.3 Å². The van der Waals surface area contributed by atoms with E-state index < -0.39 is 0 Å². The van der Waals surface area contributed by atoms with Gasteiger partial charge in [-0.2, -0.15) is 0 Å². The summed E-state index contributed by atoms with van der Waals surface area (Å²) in [5.41, 5.74) is 7.42. The van der Waals surface area contributed by atoms with Gasteiger partial charge in [0, 0.05) is 10.5 Å². The zero-order chi connectivity index (χ0) is 12.7. The van der Waals surface area contributed by atoms with E-state index in [-0.39, 0.29) is 5.84 Å². The fraction of sp³-hybridized carbons (Fsp3) is 0.462. The lowest BCUT2D eigenvalue weighted by molar-refractivity contribution is 0.318. The van der Waals surface area contributed by atoms with Gasteiger partial charge >= 0.3 is 0 Å². The highest BCUT2D eigenvalue weighted by atomic mass is 32.2. The van der Waals surface area contributed by atoms with Gasteiger partial charge in [0.1, 0.15) is 0 Å². The van der Waals surface area contributed by atoms with Gasteiger partial charge in [-0.15, -0.1) is 11.8 Å². The van der Waals surface area contributed by atoms with Crippen LogP contribution in [0.25, 0.3) is 0 Å². The first-order valence-corrected chi connectivity index (χ1v) is 6.89. The van der Waals surface area contributed by atoms with Crippen molar-refractivity contribution in [2.75, 3.05) is 5.75 Å². The zero-order valence-electron chi connectivity index (χ0n) is 10.4. The summed E-state index contributed by atoms with van der Waals surface area (Å²) in [5.74, 6) is 1.32. The maximum atomic E-state index is 8.64. The number of unbranched alkanes of at least 4 members (excludes halogenated alkanes) is 2. The molecule has 4 heteroatoms. The first-order valence-electron chi connectivity index (χ1n) is 5.90. The molecule has 0 aromatic heterocycles. The van der Waals surface area contributed by atoms with Gasteiger partial charge in [0.15, 0.2) is 5.84 Å². The Hall–Kier alpha value is -1.16. The molecule has 94 valence electrons. The number of thioether (sulfide) groups is 1. The minimum Gasteiger partial charge on any atom is -0.409 e. The average Bonchev–Trinajstić information content (AvgIpc) is 2.34. The zero-order valence-corrected chi connectivity index (χ0v) is 11.3. The van der Waals surface area contributed by atoms with Gasteiger partial charge < -0.3 is 10.9 Å². The molecule has 0 spiro atoms. The lowest BCUT2D eigenvalue weighted by Crippen LogP contribution is -2.14. The molecule has 0 bridgehead atoms. The number of aryl methyl sites for hydroxylation is 1. The van der Waals surface area contributed by atoms with Crippen LogP contribution < -0.4 is 5.73 Å². The number of benzene rings is 1. The molecule has 0 saturated carbocycles. The Morgan fingerprint density at radius 3 is 2.76 bits per heavy atom. The highest BCUT2D eigenvalue weighted by molar-refractivity contribution is 7.99. The lowest BCUT2D eigenvalue weighted by Gasteiger charge is -2.07. The number of rotatable bonds is 6. The van der Waals surface area contributed by atoms with Crippen LogP contribution in [0.3, 0.4) is 0 Å². The third-order valence-electron chi connectivity index (χ3n) is 2.60. The maximum Gasteiger partial charge on any atom is 0.170 e. The second-order valence-corrected chi connectivity index (χ2v) is 5.19. The Bertz CT molecular complexity index is 391.